The molecular formula is C17H36N2. The molecule has 2 unspecified atom stereocenters. The lowest BCUT2D eigenvalue weighted by Crippen LogP contribution is -2.48. The van der Waals surface area contributed by atoms with Crippen molar-refractivity contribution in [2.45, 2.75) is 85.2 Å². The van der Waals surface area contributed by atoms with E-state index in [1.165, 1.54) is 45.2 Å². The average Bonchev–Trinajstić information content (AvgIpc) is 2.73. The predicted octanol–water partition coefficient (Wildman–Crippen LogP) is 4.06. The maximum Gasteiger partial charge on any atom is 0.00967 e. The molecule has 19 heavy (non-hydrogen) atoms. The summed E-state index contributed by atoms with van der Waals surface area (Å²) in [5.74, 6) is 0. The van der Waals surface area contributed by atoms with Gasteiger partial charge in [0.15, 0.2) is 0 Å². The first-order valence-electron chi connectivity index (χ1n) is 8.29. The second-order valence-corrected chi connectivity index (χ2v) is 7.84. The minimum Gasteiger partial charge on any atom is -0.311 e. The summed E-state index contributed by atoms with van der Waals surface area (Å²) in [6.45, 7) is 17.6. The van der Waals surface area contributed by atoms with Crippen molar-refractivity contribution < 1.29 is 0 Å². The van der Waals surface area contributed by atoms with Crippen molar-refractivity contribution in [2.24, 2.45) is 5.41 Å². The molecule has 2 heteroatoms. The number of hydrogen-bond acceptors (Lipinski definition) is 2. The predicted molar refractivity (Wildman–Crippen MR) is 85.7 cm³/mol. The normalized spacial score (nSPS) is 24.6. The molecule has 0 spiro atoms. The Balaban J connectivity index is 2.59. The van der Waals surface area contributed by atoms with E-state index in [2.05, 4.69) is 51.8 Å². The summed E-state index contributed by atoms with van der Waals surface area (Å²) in [5, 5.41) is 3.73. The fourth-order valence-electron chi connectivity index (χ4n) is 3.36. The van der Waals surface area contributed by atoms with Crippen molar-refractivity contribution in [3.63, 3.8) is 0 Å². The fraction of sp³-hybridized carbons (Fsp3) is 1.00. The molecule has 114 valence electrons. The third-order valence-corrected chi connectivity index (χ3v) is 4.45. The zero-order valence-electron chi connectivity index (χ0n) is 14.2. The van der Waals surface area contributed by atoms with E-state index in [0.717, 1.165) is 12.6 Å². The molecule has 0 radical (unpaired) electrons. The standard InChI is InChI=1S/C17H36N2/c1-7-11-17(6,13-18-16(3,4)5)14-19-12-9-10-15(19)8-2/h15,18H,7-14H2,1-6H3. The average molecular weight is 268 g/mol. The topological polar surface area (TPSA) is 15.3 Å². The lowest BCUT2D eigenvalue weighted by atomic mass is 9.83. The van der Waals surface area contributed by atoms with Crippen LogP contribution in [0.5, 0.6) is 0 Å². The van der Waals surface area contributed by atoms with Crippen molar-refractivity contribution in [3.05, 3.63) is 0 Å². The lowest BCUT2D eigenvalue weighted by Gasteiger charge is -2.38. The van der Waals surface area contributed by atoms with Crippen LogP contribution in [0, 0.1) is 5.41 Å². The molecule has 0 aliphatic carbocycles. The molecule has 2 atom stereocenters. The summed E-state index contributed by atoms with van der Waals surface area (Å²) in [6, 6.07) is 0.839. The van der Waals surface area contributed by atoms with Crippen molar-refractivity contribution in [2.75, 3.05) is 19.6 Å². The first-order valence-corrected chi connectivity index (χ1v) is 8.29. The third kappa shape index (κ3) is 5.83. The molecule has 0 bridgehead atoms. The van der Waals surface area contributed by atoms with Gasteiger partial charge in [0.25, 0.3) is 0 Å². The molecule has 0 aromatic heterocycles. The summed E-state index contributed by atoms with van der Waals surface area (Å²) in [7, 11) is 0. The smallest absolute Gasteiger partial charge is 0.00967 e. The number of hydrogen-bond donors (Lipinski definition) is 1. The Morgan fingerprint density at radius 2 is 1.84 bits per heavy atom. The quantitative estimate of drug-likeness (QED) is 0.749. The molecule has 2 nitrogen and oxygen atoms in total. The zero-order valence-corrected chi connectivity index (χ0v) is 14.2. The minimum absolute atomic E-state index is 0.226. The van der Waals surface area contributed by atoms with Gasteiger partial charge >= 0.3 is 0 Å². The van der Waals surface area contributed by atoms with E-state index in [-0.39, 0.29) is 5.54 Å². The van der Waals surface area contributed by atoms with Crippen LogP contribution >= 0.6 is 0 Å². The first kappa shape index (κ1) is 17.0. The Kier molecular flexibility index (Phi) is 6.32. The molecule has 0 aromatic rings. The highest BCUT2D eigenvalue weighted by molar-refractivity contribution is 4.88. The van der Waals surface area contributed by atoms with E-state index >= 15 is 0 Å². The van der Waals surface area contributed by atoms with Crippen LogP contribution in [0.1, 0.15) is 73.6 Å². The van der Waals surface area contributed by atoms with E-state index in [9.17, 15) is 0 Å². The van der Waals surface area contributed by atoms with Gasteiger partial charge in [0.1, 0.15) is 0 Å². The van der Waals surface area contributed by atoms with Crippen molar-refractivity contribution in [1.82, 2.24) is 10.2 Å². The molecule has 1 fully saturated rings. The number of nitrogens with zero attached hydrogens (tertiary/aromatic N) is 1. The molecule has 0 aromatic carbocycles. The van der Waals surface area contributed by atoms with Gasteiger partial charge < -0.3 is 5.32 Å². The van der Waals surface area contributed by atoms with Gasteiger partial charge in [-0.2, -0.15) is 0 Å². The Morgan fingerprint density at radius 3 is 2.37 bits per heavy atom. The van der Waals surface area contributed by atoms with E-state index in [1.807, 2.05) is 0 Å². The van der Waals surface area contributed by atoms with Gasteiger partial charge in [-0.15, -0.1) is 0 Å². The van der Waals surface area contributed by atoms with E-state index in [1.54, 1.807) is 0 Å². The lowest BCUT2D eigenvalue weighted by molar-refractivity contribution is 0.129. The summed E-state index contributed by atoms with van der Waals surface area (Å²) in [4.78, 5) is 2.75. The number of nitrogens with one attached hydrogen (secondary N) is 1. The molecule has 0 saturated carbocycles. The summed E-state index contributed by atoms with van der Waals surface area (Å²) in [6.07, 6.45) is 6.73. The molecule has 1 heterocycles. The maximum absolute atomic E-state index is 3.73. The van der Waals surface area contributed by atoms with Gasteiger partial charge in [0.05, 0.1) is 0 Å². The Bertz CT molecular complexity index is 256. The molecular weight excluding hydrogens is 232 g/mol. The first-order chi connectivity index (χ1) is 8.79. The van der Waals surface area contributed by atoms with Gasteiger partial charge in [0, 0.05) is 24.7 Å². The fourth-order valence-corrected chi connectivity index (χ4v) is 3.36. The van der Waals surface area contributed by atoms with Gasteiger partial charge in [-0.25, -0.2) is 0 Å². The van der Waals surface area contributed by atoms with Crippen LogP contribution in [0.4, 0.5) is 0 Å². The van der Waals surface area contributed by atoms with Crippen molar-refractivity contribution >= 4 is 0 Å². The highest BCUT2D eigenvalue weighted by Crippen LogP contribution is 2.29. The van der Waals surface area contributed by atoms with Crippen molar-refractivity contribution in [3.8, 4) is 0 Å². The summed E-state index contributed by atoms with van der Waals surface area (Å²) >= 11 is 0. The van der Waals surface area contributed by atoms with Crippen molar-refractivity contribution in [1.29, 1.82) is 0 Å². The summed E-state index contributed by atoms with van der Waals surface area (Å²) in [5.41, 5.74) is 0.643. The Hall–Kier alpha value is -0.0800. The van der Waals surface area contributed by atoms with E-state index in [0.29, 0.717) is 5.41 Å². The van der Waals surface area contributed by atoms with Gasteiger partial charge in [-0.05, 0) is 58.4 Å². The van der Waals surface area contributed by atoms with Crippen LogP contribution in [0.25, 0.3) is 0 Å². The van der Waals surface area contributed by atoms with E-state index in [4.69, 9.17) is 0 Å². The Labute approximate surface area is 121 Å². The number of rotatable bonds is 7. The van der Waals surface area contributed by atoms with Gasteiger partial charge in [-0.3, -0.25) is 4.90 Å². The summed E-state index contributed by atoms with van der Waals surface area (Å²) < 4.78 is 0. The highest BCUT2D eigenvalue weighted by Gasteiger charge is 2.32. The third-order valence-electron chi connectivity index (χ3n) is 4.45. The van der Waals surface area contributed by atoms with Crippen LogP contribution in [0.15, 0.2) is 0 Å². The monoisotopic (exact) mass is 268 g/mol. The molecule has 0 amide bonds. The molecule has 1 N–H and O–H groups in total. The molecule has 1 rings (SSSR count). The number of likely N-dealkylation sites (tertiary alicyclic amines) is 1. The molecule has 1 aliphatic rings. The van der Waals surface area contributed by atoms with Gasteiger partial charge in [0.2, 0.25) is 0 Å². The zero-order chi connectivity index (χ0) is 14.5. The van der Waals surface area contributed by atoms with Crippen LogP contribution in [-0.2, 0) is 0 Å². The van der Waals surface area contributed by atoms with E-state index < -0.39 is 0 Å². The van der Waals surface area contributed by atoms with Crippen LogP contribution in [0.2, 0.25) is 0 Å². The molecule has 1 saturated heterocycles. The SMILES string of the molecule is CCCC(C)(CNC(C)(C)C)CN1CCCC1CC. The molecule has 1 aliphatic heterocycles. The maximum atomic E-state index is 3.73. The largest absolute Gasteiger partial charge is 0.311 e. The Morgan fingerprint density at radius 1 is 1.16 bits per heavy atom. The van der Waals surface area contributed by atoms with Gasteiger partial charge in [-0.1, -0.05) is 27.2 Å². The van der Waals surface area contributed by atoms with Crippen LogP contribution in [0.3, 0.4) is 0 Å². The minimum atomic E-state index is 0.226. The second kappa shape index (κ2) is 7.08. The van der Waals surface area contributed by atoms with Crippen LogP contribution < -0.4 is 5.32 Å². The highest BCUT2D eigenvalue weighted by atomic mass is 15.2. The second-order valence-electron chi connectivity index (χ2n) is 7.84. The van der Waals surface area contributed by atoms with Crippen LogP contribution in [-0.4, -0.2) is 36.1 Å².